The minimum atomic E-state index is -0.691. The van der Waals surface area contributed by atoms with Crippen LogP contribution in [0.2, 0.25) is 0 Å². The summed E-state index contributed by atoms with van der Waals surface area (Å²) >= 11 is 0. The van der Waals surface area contributed by atoms with Crippen LogP contribution in [0.1, 0.15) is 11.1 Å². The van der Waals surface area contributed by atoms with Crippen molar-refractivity contribution in [3.8, 4) is 0 Å². The van der Waals surface area contributed by atoms with Gasteiger partial charge in [0.05, 0.1) is 0 Å². The zero-order valence-electron chi connectivity index (χ0n) is 10.5. The number of nitrogens with zero attached hydrogens (tertiary/aromatic N) is 2. The fraction of sp³-hybridized carbons (Fsp3) is 0.167. The first-order valence-corrected chi connectivity index (χ1v) is 5.54. The van der Waals surface area contributed by atoms with Crippen molar-refractivity contribution in [2.45, 2.75) is 13.8 Å². The van der Waals surface area contributed by atoms with Gasteiger partial charge in [-0.1, -0.05) is 6.07 Å². The van der Waals surface area contributed by atoms with Crippen molar-refractivity contribution in [1.29, 1.82) is 0 Å². The fourth-order valence-corrected chi connectivity index (χ4v) is 1.61. The van der Waals surface area contributed by atoms with Crippen molar-refractivity contribution in [3.05, 3.63) is 41.2 Å². The van der Waals surface area contributed by atoms with E-state index in [0.29, 0.717) is 16.9 Å². The maximum Gasteiger partial charge on any atom is 0.152 e. The number of aryl methyl sites for hydroxylation is 1. The van der Waals surface area contributed by atoms with E-state index >= 15 is 0 Å². The fourth-order valence-electron chi connectivity index (χ4n) is 1.61. The molecule has 1 heterocycles. The first kappa shape index (κ1) is 13.2. The first-order chi connectivity index (χ1) is 9.04. The van der Waals surface area contributed by atoms with Crippen LogP contribution < -0.4 is 16.6 Å². The molecule has 4 N–H and O–H groups in total. The zero-order valence-corrected chi connectivity index (χ0v) is 10.5. The number of halogens is 2. The number of hydrogen-bond acceptors (Lipinski definition) is 5. The van der Waals surface area contributed by atoms with Crippen LogP contribution in [0.3, 0.4) is 0 Å². The molecule has 2 aromatic rings. The maximum atomic E-state index is 13.9. The Morgan fingerprint density at radius 1 is 1.11 bits per heavy atom. The van der Waals surface area contributed by atoms with Gasteiger partial charge in [0.15, 0.2) is 5.82 Å². The van der Waals surface area contributed by atoms with E-state index in [2.05, 4.69) is 20.7 Å². The number of benzene rings is 1. The number of hydrazine groups is 1. The normalized spacial score (nSPS) is 10.4. The van der Waals surface area contributed by atoms with E-state index in [1.165, 1.54) is 18.5 Å². The van der Waals surface area contributed by atoms with Gasteiger partial charge in [0.1, 0.15) is 29.5 Å². The molecule has 0 unspecified atom stereocenters. The molecule has 0 radical (unpaired) electrons. The molecule has 0 saturated carbocycles. The molecular formula is C12H13F2N5. The Hall–Kier alpha value is -2.28. The van der Waals surface area contributed by atoms with Crippen LogP contribution in [0.5, 0.6) is 0 Å². The van der Waals surface area contributed by atoms with Gasteiger partial charge in [-0.25, -0.2) is 24.6 Å². The molecule has 2 rings (SSSR count). The lowest BCUT2D eigenvalue weighted by molar-refractivity contribution is 0.584. The van der Waals surface area contributed by atoms with Gasteiger partial charge in [-0.15, -0.1) is 0 Å². The number of rotatable bonds is 3. The lowest BCUT2D eigenvalue weighted by Gasteiger charge is -2.13. The molecule has 1 aromatic carbocycles. The third-order valence-electron chi connectivity index (χ3n) is 2.75. The van der Waals surface area contributed by atoms with Crippen molar-refractivity contribution in [2.75, 3.05) is 10.7 Å². The van der Waals surface area contributed by atoms with Crippen molar-refractivity contribution >= 4 is 17.3 Å². The van der Waals surface area contributed by atoms with Gasteiger partial charge in [0, 0.05) is 5.56 Å². The summed E-state index contributed by atoms with van der Waals surface area (Å²) in [7, 11) is 0. The lowest BCUT2D eigenvalue weighted by Crippen LogP contribution is -2.12. The monoisotopic (exact) mass is 265 g/mol. The van der Waals surface area contributed by atoms with Crippen molar-refractivity contribution in [2.24, 2.45) is 5.84 Å². The van der Waals surface area contributed by atoms with Crippen molar-refractivity contribution in [1.82, 2.24) is 9.97 Å². The number of nitrogens with one attached hydrogen (secondary N) is 2. The second kappa shape index (κ2) is 5.15. The summed E-state index contributed by atoms with van der Waals surface area (Å²) < 4.78 is 27.5. The van der Waals surface area contributed by atoms with E-state index in [1.807, 2.05) is 0 Å². The van der Waals surface area contributed by atoms with E-state index < -0.39 is 11.6 Å². The highest BCUT2D eigenvalue weighted by molar-refractivity contribution is 5.65. The zero-order chi connectivity index (χ0) is 14.0. The summed E-state index contributed by atoms with van der Waals surface area (Å²) in [6.07, 6.45) is 1.25. The quantitative estimate of drug-likeness (QED) is 0.587. The largest absolute Gasteiger partial charge is 0.335 e. The Bertz CT molecular complexity index is 615. The number of hydrogen-bond donors (Lipinski definition) is 3. The van der Waals surface area contributed by atoms with Gasteiger partial charge in [-0.3, -0.25) is 0 Å². The molecule has 0 atom stereocenters. The number of anilines is 3. The summed E-state index contributed by atoms with van der Waals surface area (Å²) in [5.41, 5.74) is 3.04. The molecule has 100 valence electrons. The van der Waals surface area contributed by atoms with Gasteiger partial charge in [-0.05, 0) is 25.5 Å². The van der Waals surface area contributed by atoms with Crippen molar-refractivity contribution < 1.29 is 8.78 Å². The standard InChI is InChI=1S/C12H13F2N5/c1-6-3-4-8(13)10(9(6)14)18-11-7(2)12(19-15)17-5-16-11/h3-5H,15H2,1-2H3,(H2,16,17,18,19). The van der Waals surface area contributed by atoms with E-state index in [9.17, 15) is 8.78 Å². The smallest absolute Gasteiger partial charge is 0.152 e. The highest BCUT2D eigenvalue weighted by Gasteiger charge is 2.14. The van der Waals surface area contributed by atoms with Gasteiger partial charge in [-0.2, -0.15) is 0 Å². The minimum Gasteiger partial charge on any atom is -0.335 e. The Balaban J connectivity index is 2.45. The Morgan fingerprint density at radius 3 is 2.47 bits per heavy atom. The molecule has 0 amide bonds. The molecule has 1 aromatic heterocycles. The molecule has 0 aliphatic heterocycles. The van der Waals surface area contributed by atoms with E-state index in [-0.39, 0.29) is 11.5 Å². The SMILES string of the molecule is Cc1ccc(F)c(Nc2ncnc(NN)c2C)c1F. The average molecular weight is 265 g/mol. The van der Waals surface area contributed by atoms with E-state index in [0.717, 1.165) is 0 Å². The third kappa shape index (κ3) is 2.45. The molecule has 0 fully saturated rings. The number of aromatic nitrogens is 2. The van der Waals surface area contributed by atoms with Gasteiger partial charge >= 0.3 is 0 Å². The lowest BCUT2D eigenvalue weighted by atomic mass is 10.2. The van der Waals surface area contributed by atoms with Gasteiger partial charge < -0.3 is 10.7 Å². The highest BCUT2D eigenvalue weighted by atomic mass is 19.1. The van der Waals surface area contributed by atoms with E-state index in [1.54, 1.807) is 13.8 Å². The first-order valence-electron chi connectivity index (χ1n) is 5.54. The molecule has 7 heteroatoms. The van der Waals surface area contributed by atoms with Crippen LogP contribution >= 0.6 is 0 Å². The molecule has 0 aliphatic rings. The summed E-state index contributed by atoms with van der Waals surface area (Å²) in [6.45, 7) is 3.24. The van der Waals surface area contributed by atoms with Crippen LogP contribution in [0.25, 0.3) is 0 Å². The molecule has 0 aliphatic carbocycles. The average Bonchev–Trinajstić information content (AvgIpc) is 2.41. The molecule has 5 nitrogen and oxygen atoms in total. The molecule has 0 saturated heterocycles. The summed E-state index contributed by atoms with van der Waals surface area (Å²) in [4.78, 5) is 7.83. The summed E-state index contributed by atoms with van der Waals surface area (Å²) in [6, 6.07) is 2.56. The Morgan fingerprint density at radius 2 is 1.79 bits per heavy atom. The second-order valence-electron chi connectivity index (χ2n) is 4.02. The van der Waals surface area contributed by atoms with Crippen LogP contribution in [0.4, 0.5) is 26.1 Å². The predicted octanol–water partition coefficient (Wildman–Crippen LogP) is 2.40. The summed E-state index contributed by atoms with van der Waals surface area (Å²) in [5, 5.41) is 2.63. The third-order valence-corrected chi connectivity index (χ3v) is 2.75. The van der Waals surface area contributed by atoms with Gasteiger partial charge in [0.2, 0.25) is 0 Å². The molecule has 0 bridgehead atoms. The summed E-state index contributed by atoms with van der Waals surface area (Å²) in [5.74, 6) is 4.60. The Kier molecular flexibility index (Phi) is 3.57. The predicted molar refractivity (Wildman–Crippen MR) is 69.0 cm³/mol. The molecule has 0 spiro atoms. The highest BCUT2D eigenvalue weighted by Crippen LogP contribution is 2.27. The second-order valence-corrected chi connectivity index (χ2v) is 4.02. The van der Waals surface area contributed by atoms with Crippen LogP contribution in [0, 0.1) is 25.5 Å². The van der Waals surface area contributed by atoms with Crippen LogP contribution in [-0.4, -0.2) is 9.97 Å². The molecule has 19 heavy (non-hydrogen) atoms. The minimum absolute atomic E-state index is 0.246. The van der Waals surface area contributed by atoms with Crippen molar-refractivity contribution in [3.63, 3.8) is 0 Å². The van der Waals surface area contributed by atoms with Crippen LogP contribution in [-0.2, 0) is 0 Å². The van der Waals surface area contributed by atoms with E-state index in [4.69, 9.17) is 5.84 Å². The van der Waals surface area contributed by atoms with Gasteiger partial charge in [0.25, 0.3) is 0 Å². The maximum absolute atomic E-state index is 13.9. The number of nitrogen functional groups attached to an aromatic ring is 1. The van der Waals surface area contributed by atoms with Crippen LogP contribution in [0.15, 0.2) is 18.5 Å². The topological polar surface area (TPSA) is 75.9 Å². The number of nitrogens with two attached hydrogens (primary N) is 1. The Labute approximate surface area is 108 Å². The molecular weight excluding hydrogens is 252 g/mol.